The highest BCUT2D eigenvalue weighted by Crippen LogP contribution is 2.12. The molecule has 26 heavy (non-hydrogen) atoms. The Hall–Kier alpha value is -3.28. The summed E-state index contributed by atoms with van der Waals surface area (Å²) in [5.41, 5.74) is 2.63. The number of benzene rings is 2. The van der Waals surface area contributed by atoms with E-state index in [1.807, 2.05) is 24.3 Å². The number of anilines is 2. The third-order valence-electron chi connectivity index (χ3n) is 3.90. The first kappa shape index (κ1) is 17.5. The van der Waals surface area contributed by atoms with Gasteiger partial charge in [0.05, 0.1) is 0 Å². The fourth-order valence-corrected chi connectivity index (χ4v) is 2.41. The molecule has 2 aromatic carbocycles. The molecule has 0 saturated carbocycles. The number of nitrogens with zero attached hydrogens (tertiary/aromatic N) is 2. The zero-order valence-electron chi connectivity index (χ0n) is 14.4. The van der Waals surface area contributed by atoms with Gasteiger partial charge in [-0.2, -0.15) is 0 Å². The molecule has 1 aromatic heterocycles. The SMILES string of the molecule is CCc1ccc(NC(=O)c2ccnc(NCc3ccccc3F)n2)cc1. The minimum atomic E-state index is -0.328. The molecule has 0 unspecified atom stereocenters. The summed E-state index contributed by atoms with van der Waals surface area (Å²) in [5.74, 6) is -0.364. The van der Waals surface area contributed by atoms with Crippen LogP contribution in [0, 0.1) is 5.82 Å². The summed E-state index contributed by atoms with van der Waals surface area (Å²) < 4.78 is 13.7. The van der Waals surface area contributed by atoms with Gasteiger partial charge >= 0.3 is 0 Å². The third-order valence-corrected chi connectivity index (χ3v) is 3.90. The molecule has 1 amide bonds. The Labute approximate surface area is 151 Å². The van der Waals surface area contributed by atoms with Crippen LogP contribution >= 0.6 is 0 Å². The molecule has 6 heteroatoms. The van der Waals surface area contributed by atoms with Crippen molar-refractivity contribution in [1.82, 2.24) is 9.97 Å². The molecule has 0 atom stereocenters. The fraction of sp³-hybridized carbons (Fsp3) is 0.150. The van der Waals surface area contributed by atoms with E-state index in [1.54, 1.807) is 18.2 Å². The number of halogens is 1. The number of aryl methyl sites for hydroxylation is 1. The van der Waals surface area contributed by atoms with Crippen molar-refractivity contribution in [2.24, 2.45) is 0 Å². The van der Waals surface area contributed by atoms with E-state index in [9.17, 15) is 9.18 Å². The van der Waals surface area contributed by atoms with Crippen LogP contribution in [-0.4, -0.2) is 15.9 Å². The lowest BCUT2D eigenvalue weighted by molar-refractivity contribution is 0.102. The van der Waals surface area contributed by atoms with Gasteiger partial charge in [0.15, 0.2) is 0 Å². The Balaban J connectivity index is 1.66. The van der Waals surface area contributed by atoms with E-state index in [1.165, 1.54) is 23.9 Å². The van der Waals surface area contributed by atoms with Crippen molar-refractivity contribution in [2.75, 3.05) is 10.6 Å². The normalized spacial score (nSPS) is 10.4. The molecule has 0 fully saturated rings. The molecular weight excluding hydrogens is 331 g/mol. The van der Waals surface area contributed by atoms with Crippen LogP contribution in [0.3, 0.4) is 0 Å². The van der Waals surface area contributed by atoms with E-state index in [0.717, 1.165) is 6.42 Å². The molecule has 5 nitrogen and oxygen atoms in total. The second-order valence-electron chi connectivity index (χ2n) is 5.72. The highest BCUT2D eigenvalue weighted by molar-refractivity contribution is 6.02. The molecule has 132 valence electrons. The lowest BCUT2D eigenvalue weighted by atomic mass is 10.1. The zero-order chi connectivity index (χ0) is 18.4. The molecular formula is C20H19FN4O. The number of carbonyl (C=O) groups excluding carboxylic acids is 1. The van der Waals surface area contributed by atoms with Crippen molar-refractivity contribution in [3.8, 4) is 0 Å². The molecule has 3 rings (SSSR count). The smallest absolute Gasteiger partial charge is 0.274 e. The molecule has 0 aliphatic carbocycles. The second kappa shape index (κ2) is 8.20. The van der Waals surface area contributed by atoms with Crippen molar-refractivity contribution in [2.45, 2.75) is 19.9 Å². The van der Waals surface area contributed by atoms with E-state index in [0.29, 0.717) is 11.3 Å². The van der Waals surface area contributed by atoms with E-state index in [4.69, 9.17) is 0 Å². The Morgan fingerprint density at radius 1 is 1.08 bits per heavy atom. The maximum atomic E-state index is 13.7. The maximum absolute atomic E-state index is 13.7. The highest BCUT2D eigenvalue weighted by Gasteiger charge is 2.10. The number of hydrogen-bond acceptors (Lipinski definition) is 4. The van der Waals surface area contributed by atoms with Crippen LogP contribution < -0.4 is 10.6 Å². The Morgan fingerprint density at radius 3 is 2.58 bits per heavy atom. The van der Waals surface area contributed by atoms with Crippen molar-refractivity contribution >= 4 is 17.5 Å². The lowest BCUT2D eigenvalue weighted by Crippen LogP contribution is -2.15. The summed E-state index contributed by atoms with van der Waals surface area (Å²) in [6.07, 6.45) is 2.43. The Kier molecular flexibility index (Phi) is 5.53. The first-order valence-electron chi connectivity index (χ1n) is 8.36. The predicted molar refractivity (Wildman–Crippen MR) is 99.5 cm³/mol. The summed E-state index contributed by atoms with van der Waals surface area (Å²) in [6.45, 7) is 2.31. The first-order valence-corrected chi connectivity index (χ1v) is 8.36. The third kappa shape index (κ3) is 4.42. The number of carbonyl (C=O) groups is 1. The number of rotatable bonds is 6. The van der Waals surface area contributed by atoms with Gasteiger partial charge in [-0.25, -0.2) is 14.4 Å². The number of nitrogens with one attached hydrogen (secondary N) is 2. The quantitative estimate of drug-likeness (QED) is 0.704. The van der Waals surface area contributed by atoms with Crippen LogP contribution in [0.15, 0.2) is 60.8 Å². The van der Waals surface area contributed by atoms with Gasteiger partial charge in [-0.3, -0.25) is 4.79 Å². The van der Waals surface area contributed by atoms with E-state index < -0.39 is 0 Å². The van der Waals surface area contributed by atoms with Crippen molar-refractivity contribution in [3.63, 3.8) is 0 Å². The topological polar surface area (TPSA) is 66.9 Å². The molecule has 0 aliphatic rings. The molecule has 3 aromatic rings. The number of hydrogen-bond donors (Lipinski definition) is 2. The molecule has 0 aliphatic heterocycles. The molecule has 0 spiro atoms. The van der Waals surface area contributed by atoms with Crippen LogP contribution in [0.4, 0.5) is 16.0 Å². The Morgan fingerprint density at radius 2 is 1.85 bits per heavy atom. The van der Waals surface area contributed by atoms with Gasteiger partial charge in [0.25, 0.3) is 5.91 Å². The molecule has 0 saturated heterocycles. The van der Waals surface area contributed by atoms with Crippen molar-refractivity contribution < 1.29 is 9.18 Å². The van der Waals surface area contributed by atoms with Crippen LogP contribution in [0.2, 0.25) is 0 Å². The molecule has 2 N–H and O–H groups in total. The lowest BCUT2D eigenvalue weighted by Gasteiger charge is -2.08. The van der Waals surface area contributed by atoms with Gasteiger partial charge in [0, 0.05) is 24.0 Å². The second-order valence-corrected chi connectivity index (χ2v) is 5.72. The average molecular weight is 350 g/mol. The predicted octanol–water partition coefficient (Wildman–Crippen LogP) is 4.04. The van der Waals surface area contributed by atoms with Gasteiger partial charge < -0.3 is 10.6 Å². The van der Waals surface area contributed by atoms with E-state index >= 15 is 0 Å². The van der Waals surface area contributed by atoms with Crippen molar-refractivity contribution in [3.05, 3.63) is 83.4 Å². The monoisotopic (exact) mass is 350 g/mol. The van der Waals surface area contributed by atoms with Gasteiger partial charge in [-0.15, -0.1) is 0 Å². The van der Waals surface area contributed by atoms with E-state index in [2.05, 4.69) is 27.5 Å². The summed E-state index contributed by atoms with van der Waals surface area (Å²) in [7, 11) is 0. The first-order chi connectivity index (χ1) is 12.7. The fourth-order valence-electron chi connectivity index (χ4n) is 2.41. The summed E-state index contributed by atoms with van der Waals surface area (Å²) in [5, 5.41) is 5.74. The minimum absolute atomic E-state index is 0.232. The van der Waals surface area contributed by atoms with Gasteiger partial charge in [0.1, 0.15) is 11.5 Å². The summed E-state index contributed by atoms with van der Waals surface area (Å²) in [6, 6.07) is 15.6. The summed E-state index contributed by atoms with van der Waals surface area (Å²) >= 11 is 0. The Bertz CT molecular complexity index is 896. The van der Waals surface area contributed by atoms with Crippen molar-refractivity contribution in [1.29, 1.82) is 0 Å². The van der Waals surface area contributed by atoms with Gasteiger partial charge in [-0.05, 0) is 36.2 Å². The maximum Gasteiger partial charge on any atom is 0.274 e. The van der Waals surface area contributed by atoms with Gasteiger partial charge in [0.2, 0.25) is 5.95 Å². The van der Waals surface area contributed by atoms with E-state index in [-0.39, 0.29) is 29.9 Å². The molecule has 0 radical (unpaired) electrons. The molecule has 1 heterocycles. The minimum Gasteiger partial charge on any atom is -0.350 e. The zero-order valence-corrected chi connectivity index (χ0v) is 14.4. The van der Waals surface area contributed by atoms with Crippen LogP contribution in [0.1, 0.15) is 28.5 Å². The number of amides is 1. The summed E-state index contributed by atoms with van der Waals surface area (Å²) in [4.78, 5) is 20.6. The standard InChI is InChI=1S/C20H19FN4O/c1-2-14-7-9-16(10-8-14)24-19(26)18-11-12-22-20(25-18)23-13-15-5-3-4-6-17(15)21/h3-12H,2,13H2,1H3,(H,24,26)(H,22,23,25). The molecule has 0 bridgehead atoms. The van der Waals surface area contributed by atoms with Crippen LogP contribution in [-0.2, 0) is 13.0 Å². The van der Waals surface area contributed by atoms with Gasteiger partial charge in [-0.1, -0.05) is 37.3 Å². The number of aromatic nitrogens is 2. The van der Waals surface area contributed by atoms with Crippen LogP contribution in [0.5, 0.6) is 0 Å². The highest BCUT2D eigenvalue weighted by atomic mass is 19.1. The average Bonchev–Trinajstić information content (AvgIpc) is 2.68. The van der Waals surface area contributed by atoms with Crippen LogP contribution in [0.25, 0.3) is 0 Å². The largest absolute Gasteiger partial charge is 0.350 e.